The molecule has 2 atom stereocenters. The van der Waals surface area contributed by atoms with Gasteiger partial charge in [0.1, 0.15) is 0 Å². The fourth-order valence-corrected chi connectivity index (χ4v) is 3.03. The van der Waals surface area contributed by atoms with E-state index in [1.54, 1.807) is 11.8 Å². The van der Waals surface area contributed by atoms with Crippen LogP contribution in [0, 0.1) is 0 Å². The Labute approximate surface area is 97.2 Å². The summed E-state index contributed by atoms with van der Waals surface area (Å²) >= 11 is 1.67. The molecule has 0 aromatic heterocycles. The van der Waals surface area contributed by atoms with Crippen LogP contribution in [0.25, 0.3) is 0 Å². The van der Waals surface area contributed by atoms with Gasteiger partial charge in [-0.15, -0.1) is 11.8 Å². The maximum absolute atomic E-state index is 11.0. The lowest BCUT2D eigenvalue weighted by molar-refractivity contribution is -0.137. The van der Waals surface area contributed by atoms with Crippen molar-refractivity contribution in [1.82, 2.24) is 5.32 Å². The summed E-state index contributed by atoms with van der Waals surface area (Å²) in [5.41, 5.74) is 0. The highest BCUT2D eigenvalue weighted by molar-refractivity contribution is 8.03. The third-order valence-corrected chi connectivity index (χ3v) is 3.81. The van der Waals surface area contributed by atoms with E-state index in [1.807, 2.05) is 6.08 Å². The van der Waals surface area contributed by atoms with Crippen molar-refractivity contribution in [3.05, 3.63) is 11.0 Å². The van der Waals surface area contributed by atoms with Gasteiger partial charge in [0.25, 0.3) is 0 Å². The third kappa shape index (κ3) is 2.49. The van der Waals surface area contributed by atoms with Crippen molar-refractivity contribution in [2.45, 2.75) is 31.4 Å². The Balaban J connectivity index is 1.83. The number of carbonyl (C=O) groups excluding carboxylic acids is 1. The quantitative estimate of drug-likeness (QED) is 0.729. The summed E-state index contributed by atoms with van der Waals surface area (Å²) < 4.78 is 5.12. The highest BCUT2D eigenvalue weighted by Crippen LogP contribution is 2.36. The molecule has 2 fully saturated rings. The molecule has 2 N–H and O–H groups in total. The number of carbonyl (C=O) groups is 2. The maximum Gasteiger partial charge on any atom is 0.408 e. The smallest absolute Gasteiger partial charge is 0.408 e. The molecule has 0 aromatic carbocycles. The molecule has 2 aliphatic heterocycles. The van der Waals surface area contributed by atoms with Gasteiger partial charge in [0.15, 0.2) is 6.10 Å². The van der Waals surface area contributed by atoms with Gasteiger partial charge in [-0.1, -0.05) is 6.08 Å². The lowest BCUT2D eigenvalue weighted by atomic mass is 10.1. The second kappa shape index (κ2) is 4.78. The summed E-state index contributed by atoms with van der Waals surface area (Å²) in [6.45, 7) is 0. The largest absolute Gasteiger partial charge is 0.481 e. The molecule has 0 spiro atoms. The fourth-order valence-electron chi connectivity index (χ4n) is 1.78. The van der Waals surface area contributed by atoms with Crippen LogP contribution in [0.2, 0.25) is 0 Å². The van der Waals surface area contributed by atoms with Gasteiger partial charge in [-0.05, 0) is 12.8 Å². The lowest BCUT2D eigenvalue weighted by Crippen LogP contribution is -2.29. The normalized spacial score (nSPS) is 30.0. The first-order valence-electron chi connectivity index (χ1n) is 5.18. The number of hydrogen-bond acceptors (Lipinski definition) is 4. The third-order valence-electron chi connectivity index (χ3n) is 2.55. The van der Waals surface area contributed by atoms with Crippen LogP contribution in [-0.2, 0) is 9.53 Å². The highest BCUT2D eigenvalue weighted by Gasteiger charge is 2.41. The Morgan fingerprint density at radius 2 is 2.50 bits per heavy atom. The van der Waals surface area contributed by atoms with Gasteiger partial charge in [0.2, 0.25) is 0 Å². The number of allylic oxidation sites excluding steroid dienone is 1. The van der Waals surface area contributed by atoms with Gasteiger partial charge >= 0.3 is 12.1 Å². The second-order valence-corrected chi connectivity index (χ2v) is 4.87. The lowest BCUT2D eigenvalue weighted by Gasteiger charge is -2.06. The molecule has 2 heterocycles. The molecule has 2 rings (SSSR count). The Kier molecular flexibility index (Phi) is 3.38. The first-order chi connectivity index (χ1) is 7.66. The molecule has 0 bridgehead atoms. The van der Waals surface area contributed by atoms with Gasteiger partial charge in [-0.2, -0.15) is 0 Å². The summed E-state index contributed by atoms with van der Waals surface area (Å²) in [4.78, 5) is 22.3. The van der Waals surface area contributed by atoms with E-state index >= 15 is 0 Å². The van der Waals surface area contributed by atoms with Crippen molar-refractivity contribution >= 4 is 23.8 Å². The number of ether oxygens (including phenoxy) is 1. The standard InChI is InChI=1S/C10H13NO4S/c12-8(13)4-2-1-3-7-9-6(5-16-7)11-10(14)15-9/h3,6,9H,1-2,4-5H2,(H,11,14)(H,12,13)/b7-3-/t6-,9-/m0/s1. The average molecular weight is 243 g/mol. The highest BCUT2D eigenvalue weighted by atomic mass is 32.2. The molecular weight excluding hydrogens is 230 g/mol. The zero-order valence-electron chi connectivity index (χ0n) is 8.64. The molecule has 0 unspecified atom stereocenters. The van der Waals surface area contributed by atoms with Crippen LogP contribution in [0.1, 0.15) is 19.3 Å². The molecule has 5 nitrogen and oxygen atoms in total. The van der Waals surface area contributed by atoms with Crippen LogP contribution in [0.4, 0.5) is 4.79 Å². The van der Waals surface area contributed by atoms with Crippen LogP contribution in [0.15, 0.2) is 11.0 Å². The average Bonchev–Trinajstić information content (AvgIpc) is 2.72. The minimum Gasteiger partial charge on any atom is -0.481 e. The van der Waals surface area contributed by atoms with E-state index in [1.165, 1.54) is 0 Å². The summed E-state index contributed by atoms with van der Waals surface area (Å²) in [6.07, 6.45) is 3.00. The van der Waals surface area contributed by atoms with Gasteiger partial charge < -0.3 is 15.2 Å². The maximum atomic E-state index is 11.0. The van der Waals surface area contributed by atoms with Crippen molar-refractivity contribution in [3.63, 3.8) is 0 Å². The van der Waals surface area contributed by atoms with Crippen LogP contribution >= 0.6 is 11.8 Å². The van der Waals surface area contributed by atoms with Gasteiger partial charge in [0.05, 0.1) is 6.04 Å². The van der Waals surface area contributed by atoms with Gasteiger partial charge in [-0.3, -0.25) is 4.79 Å². The molecular formula is C10H13NO4S. The van der Waals surface area contributed by atoms with Crippen LogP contribution < -0.4 is 5.32 Å². The molecule has 0 aromatic rings. The second-order valence-electron chi connectivity index (χ2n) is 3.78. The minimum atomic E-state index is -0.774. The predicted octanol–water partition coefficient (Wildman–Crippen LogP) is 1.35. The Hall–Kier alpha value is -1.17. The minimum absolute atomic E-state index is 0.0863. The van der Waals surface area contributed by atoms with Crippen molar-refractivity contribution in [1.29, 1.82) is 0 Å². The van der Waals surface area contributed by atoms with Crippen LogP contribution in [0.3, 0.4) is 0 Å². The molecule has 88 valence electrons. The van der Waals surface area contributed by atoms with E-state index in [4.69, 9.17) is 9.84 Å². The first-order valence-corrected chi connectivity index (χ1v) is 6.17. The summed E-state index contributed by atoms with van der Waals surface area (Å²) in [6, 6.07) is 0.0863. The zero-order valence-corrected chi connectivity index (χ0v) is 9.46. The number of alkyl carbamates (subject to hydrolysis) is 1. The molecule has 6 heteroatoms. The van der Waals surface area contributed by atoms with E-state index in [0.717, 1.165) is 17.1 Å². The summed E-state index contributed by atoms with van der Waals surface area (Å²) in [5, 5.41) is 11.2. The number of unbranched alkanes of at least 4 members (excludes halogenated alkanes) is 1. The number of amides is 1. The Morgan fingerprint density at radius 3 is 3.25 bits per heavy atom. The van der Waals surface area contributed by atoms with E-state index in [-0.39, 0.29) is 24.7 Å². The van der Waals surface area contributed by atoms with E-state index in [0.29, 0.717) is 6.42 Å². The summed E-state index contributed by atoms with van der Waals surface area (Å²) in [7, 11) is 0. The number of carboxylic acid groups (broad SMARTS) is 1. The zero-order chi connectivity index (χ0) is 11.5. The summed E-state index contributed by atoms with van der Waals surface area (Å²) in [5.74, 6) is 0.0607. The Bertz CT molecular complexity index is 342. The predicted molar refractivity (Wildman–Crippen MR) is 59.2 cm³/mol. The number of aliphatic carboxylic acids is 1. The number of nitrogens with one attached hydrogen (secondary N) is 1. The number of fused-ring (bicyclic) bond motifs is 1. The van der Waals surface area contributed by atoms with Crippen molar-refractivity contribution in [2.24, 2.45) is 0 Å². The number of rotatable bonds is 4. The van der Waals surface area contributed by atoms with Gasteiger partial charge in [0, 0.05) is 17.1 Å². The van der Waals surface area contributed by atoms with Crippen LogP contribution in [0.5, 0.6) is 0 Å². The molecule has 2 aliphatic rings. The van der Waals surface area contributed by atoms with E-state index in [9.17, 15) is 9.59 Å². The van der Waals surface area contributed by atoms with Crippen molar-refractivity contribution in [3.8, 4) is 0 Å². The fraction of sp³-hybridized carbons (Fsp3) is 0.600. The first kappa shape index (κ1) is 11.3. The van der Waals surface area contributed by atoms with Crippen LogP contribution in [-0.4, -0.2) is 35.1 Å². The molecule has 1 amide bonds. The van der Waals surface area contributed by atoms with Crippen molar-refractivity contribution < 1.29 is 19.4 Å². The topological polar surface area (TPSA) is 75.6 Å². The Morgan fingerprint density at radius 1 is 1.69 bits per heavy atom. The molecule has 0 saturated carbocycles. The van der Waals surface area contributed by atoms with E-state index in [2.05, 4.69) is 5.32 Å². The molecule has 0 aliphatic carbocycles. The van der Waals surface area contributed by atoms with Crippen molar-refractivity contribution in [2.75, 3.05) is 5.75 Å². The monoisotopic (exact) mass is 243 g/mol. The SMILES string of the molecule is O=C(O)CCC/C=C1\SC[C@@H]2NC(=O)O[C@H]12. The number of carboxylic acids is 1. The van der Waals surface area contributed by atoms with Gasteiger partial charge in [-0.25, -0.2) is 4.79 Å². The van der Waals surface area contributed by atoms with E-state index < -0.39 is 5.97 Å². The molecule has 16 heavy (non-hydrogen) atoms. The number of thioether (sulfide) groups is 1. The molecule has 2 saturated heterocycles. The molecule has 0 radical (unpaired) electrons. The number of hydrogen-bond donors (Lipinski definition) is 2.